The molecule has 158 valence electrons. The van der Waals surface area contributed by atoms with E-state index in [9.17, 15) is 4.79 Å². The van der Waals surface area contributed by atoms with Crippen molar-refractivity contribution in [1.29, 1.82) is 0 Å². The Morgan fingerprint density at radius 2 is 1.85 bits per heavy atom. The Balaban J connectivity index is 2.48. The molecule has 0 aromatic carbocycles. The highest BCUT2D eigenvalue weighted by Gasteiger charge is 2.24. The monoisotopic (exact) mass is 383 g/mol. The van der Waals surface area contributed by atoms with E-state index in [1.54, 1.807) is 4.90 Å². The second-order valence-electron chi connectivity index (χ2n) is 7.56. The Hall–Kier alpha value is -1.50. The summed E-state index contributed by atoms with van der Waals surface area (Å²) >= 11 is 0. The Kier molecular flexibility index (Phi) is 11.2. The maximum absolute atomic E-state index is 11.8. The van der Waals surface area contributed by atoms with E-state index < -0.39 is 0 Å². The smallest absolute Gasteiger partial charge is 0.409 e. The molecule has 0 aromatic rings. The predicted octanol–water partition coefficient (Wildman–Crippen LogP) is 2.53. The third-order valence-corrected chi connectivity index (χ3v) is 5.16. The van der Waals surface area contributed by atoms with Gasteiger partial charge < -0.3 is 20.3 Å². The van der Waals surface area contributed by atoms with E-state index in [0.717, 1.165) is 51.5 Å². The Morgan fingerprint density at radius 3 is 2.33 bits per heavy atom. The molecular weight excluding hydrogens is 342 g/mol. The number of aliphatic imine (C=N–C) groups is 1. The lowest BCUT2D eigenvalue weighted by atomic mass is 10.0. The number of hydrogen-bond donors (Lipinski definition) is 2. The Bertz CT molecular complexity index is 444. The number of likely N-dealkylation sites (tertiary alicyclic amines) is 1. The summed E-state index contributed by atoms with van der Waals surface area (Å²) in [6.45, 7) is 15.7. The number of carbonyl (C=O) groups is 1. The van der Waals surface area contributed by atoms with Crippen molar-refractivity contribution in [1.82, 2.24) is 20.4 Å². The van der Waals surface area contributed by atoms with Gasteiger partial charge in [-0.15, -0.1) is 0 Å². The lowest BCUT2D eigenvalue weighted by Gasteiger charge is -2.34. The van der Waals surface area contributed by atoms with E-state index in [0.29, 0.717) is 24.6 Å². The lowest BCUT2D eigenvalue weighted by molar-refractivity contribution is 0.0963. The van der Waals surface area contributed by atoms with Crippen LogP contribution in [0.25, 0.3) is 0 Å². The summed E-state index contributed by atoms with van der Waals surface area (Å²) < 4.78 is 5.08. The van der Waals surface area contributed by atoms with Crippen molar-refractivity contribution >= 4 is 12.1 Å². The van der Waals surface area contributed by atoms with Gasteiger partial charge >= 0.3 is 6.09 Å². The number of guanidine groups is 1. The summed E-state index contributed by atoms with van der Waals surface area (Å²) in [5.41, 5.74) is 0. The summed E-state index contributed by atoms with van der Waals surface area (Å²) in [6.07, 6.45) is 2.79. The van der Waals surface area contributed by atoms with Gasteiger partial charge in [0.05, 0.1) is 6.61 Å². The van der Waals surface area contributed by atoms with Gasteiger partial charge in [0.1, 0.15) is 0 Å². The number of ether oxygens (including phenoxy) is 1. The van der Waals surface area contributed by atoms with Crippen LogP contribution in [0.2, 0.25) is 0 Å². The Labute approximate surface area is 165 Å². The van der Waals surface area contributed by atoms with E-state index in [2.05, 4.69) is 48.2 Å². The van der Waals surface area contributed by atoms with Crippen LogP contribution in [0.15, 0.2) is 4.99 Å². The van der Waals surface area contributed by atoms with Crippen LogP contribution in [0.5, 0.6) is 0 Å². The van der Waals surface area contributed by atoms with Crippen LogP contribution >= 0.6 is 0 Å². The third kappa shape index (κ3) is 8.37. The number of nitrogens with one attached hydrogen (secondary N) is 2. The predicted molar refractivity (Wildman–Crippen MR) is 112 cm³/mol. The first kappa shape index (κ1) is 23.5. The molecule has 0 bridgehead atoms. The molecule has 0 radical (unpaired) electrons. The second-order valence-corrected chi connectivity index (χ2v) is 7.56. The molecule has 0 aromatic heterocycles. The summed E-state index contributed by atoms with van der Waals surface area (Å²) in [4.78, 5) is 20.5. The topological polar surface area (TPSA) is 69.2 Å². The number of amides is 1. The van der Waals surface area contributed by atoms with Crippen molar-refractivity contribution in [2.45, 2.75) is 66.0 Å². The SMILES string of the molecule is CCOC(=O)N1CCC(NC(=NC)NCC(CC(C)C)N(CC)CC)CC1. The fourth-order valence-electron chi connectivity index (χ4n) is 3.67. The molecule has 1 heterocycles. The number of piperidine rings is 1. The van der Waals surface area contributed by atoms with E-state index >= 15 is 0 Å². The van der Waals surface area contributed by atoms with Gasteiger partial charge in [-0.2, -0.15) is 0 Å². The molecule has 0 spiro atoms. The van der Waals surface area contributed by atoms with Gasteiger partial charge in [-0.1, -0.05) is 27.7 Å². The van der Waals surface area contributed by atoms with E-state index in [-0.39, 0.29) is 6.09 Å². The van der Waals surface area contributed by atoms with Gasteiger partial charge in [0, 0.05) is 38.8 Å². The zero-order valence-corrected chi connectivity index (χ0v) is 18.3. The van der Waals surface area contributed by atoms with Crippen LogP contribution in [0.1, 0.15) is 53.9 Å². The zero-order valence-electron chi connectivity index (χ0n) is 18.3. The first-order chi connectivity index (χ1) is 12.9. The van der Waals surface area contributed by atoms with Crippen LogP contribution in [0.4, 0.5) is 4.79 Å². The maximum atomic E-state index is 11.8. The fourth-order valence-corrected chi connectivity index (χ4v) is 3.67. The highest BCUT2D eigenvalue weighted by Crippen LogP contribution is 2.13. The molecule has 1 atom stereocenters. The molecular formula is C20H41N5O2. The molecule has 1 rings (SSSR count). The third-order valence-electron chi connectivity index (χ3n) is 5.16. The van der Waals surface area contributed by atoms with Crippen LogP contribution in [0.3, 0.4) is 0 Å². The molecule has 0 aliphatic carbocycles. The van der Waals surface area contributed by atoms with Crippen molar-refractivity contribution < 1.29 is 9.53 Å². The van der Waals surface area contributed by atoms with Crippen LogP contribution < -0.4 is 10.6 Å². The highest BCUT2D eigenvalue weighted by molar-refractivity contribution is 5.80. The van der Waals surface area contributed by atoms with Crippen LogP contribution in [0, 0.1) is 5.92 Å². The standard InChI is InChI=1S/C20H41N5O2/c1-7-24(8-2)18(14-16(4)5)15-22-19(21-6)23-17-10-12-25(13-11-17)20(26)27-9-3/h16-18H,7-15H2,1-6H3,(H2,21,22,23). The summed E-state index contributed by atoms with van der Waals surface area (Å²) in [5, 5.41) is 7.04. The van der Waals surface area contributed by atoms with Gasteiger partial charge in [-0.25, -0.2) is 4.79 Å². The molecule has 7 nitrogen and oxygen atoms in total. The minimum Gasteiger partial charge on any atom is -0.450 e. The molecule has 1 aliphatic heterocycles. The van der Waals surface area contributed by atoms with Crippen molar-refractivity contribution in [2.75, 3.05) is 46.4 Å². The van der Waals surface area contributed by atoms with Gasteiger partial charge in [0.2, 0.25) is 0 Å². The summed E-state index contributed by atoms with van der Waals surface area (Å²) in [7, 11) is 1.82. The molecule has 1 aliphatic rings. The molecule has 1 saturated heterocycles. The summed E-state index contributed by atoms with van der Waals surface area (Å²) in [5.74, 6) is 1.52. The molecule has 1 fully saturated rings. The number of carbonyl (C=O) groups excluding carboxylic acids is 1. The van der Waals surface area contributed by atoms with E-state index in [4.69, 9.17) is 4.74 Å². The largest absolute Gasteiger partial charge is 0.450 e. The molecule has 1 unspecified atom stereocenters. The quantitative estimate of drug-likeness (QED) is 0.473. The zero-order chi connectivity index (χ0) is 20.2. The highest BCUT2D eigenvalue weighted by atomic mass is 16.6. The van der Waals surface area contributed by atoms with Gasteiger partial charge in [0.15, 0.2) is 5.96 Å². The number of likely N-dealkylation sites (N-methyl/N-ethyl adjacent to an activating group) is 1. The average Bonchev–Trinajstić information content (AvgIpc) is 2.66. The second kappa shape index (κ2) is 12.8. The molecule has 2 N–H and O–H groups in total. The first-order valence-electron chi connectivity index (χ1n) is 10.6. The van der Waals surface area contributed by atoms with Crippen molar-refractivity contribution in [3.8, 4) is 0 Å². The average molecular weight is 384 g/mol. The van der Waals surface area contributed by atoms with E-state index in [1.807, 2.05) is 14.0 Å². The molecule has 1 amide bonds. The van der Waals surface area contributed by atoms with Gasteiger partial charge in [-0.05, 0) is 45.2 Å². The Morgan fingerprint density at radius 1 is 1.22 bits per heavy atom. The van der Waals surface area contributed by atoms with Crippen LogP contribution in [-0.2, 0) is 4.74 Å². The van der Waals surface area contributed by atoms with Gasteiger partial charge in [-0.3, -0.25) is 9.89 Å². The maximum Gasteiger partial charge on any atom is 0.409 e. The first-order valence-corrected chi connectivity index (χ1v) is 10.6. The molecule has 0 saturated carbocycles. The molecule has 7 heteroatoms. The van der Waals surface area contributed by atoms with Crippen LogP contribution in [-0.4, -0.2) is 80.3 Å². The number of hydrogen-bond acceptors (Lipinski definition) is 4. The van der Waals surface area contributed by atoms with E-state index in [1.165, 1.54) is 6.42 Å². The minimum absolute atomic E-state index is 0.200. The normalized spacial score (nSPS) is 17.3. The molecule has 27 heavy (non-hydrogen) atoms. The van der Waals surface area contributed by atoms with Gasteiger partial charge in [0.25, 0.3) is 0 Å². The number of rotatable bonds is 9. The van der Waals surface area contributed by atoms with Crippen molar-refractivity contribution in [3.05, 3.63) is 0 Å². The fraction of sp³-hybridized carbons (Fsp3) is 0.900. The number of nitrogens with zero attached hydrogens (tertiary/aromatic N) is 3. The lowest BCUT2D eigenvalue weighted by Crippen LogP contribution is -2.52. The van der Waals surface area contributed by atoms with Crippen molar-refractivity contribution in [2.24, 2.45) is 10.9 Å². The minimum atomic E-state index is -0.200. The summed E-state index contributed by atoms with van der Waals surface area (Å²) in [6, 6.07) is 0.836. The van der Waals surface area contributed by atoms with Crippen molar-refractivity contribution in [3.63, 3.8) is 0 Å².